The van der Waals surface area contributed by atoms with Crippen molar-refractivity contribution >= 4 is 13.7 Å². The van der Waals surface area contributed by atoms with Gasteiger partial charge in [-0.05, 0) is 122 Å². The number of nitrogens with one attached hydrogen (secondary N) is 1. The Morgan fingerprint density at radius 2 is 0.970 bits per heavy atom. The van der Waals surface area contributed by atoms with Gasteiger partial charge >= 0.3 is 0 Å². The van der Waals surface area contributed by atoms with Gasteiger partial charge in [-0.3, -0.25) is 9.36 Å². The number of quaternary nitrogens is 1. The van der Waals surface area contributed by atoms with Crippen molar-refractivity contribution in [2.45, 2.75) is 180 Å². The Labute approximate surface area is 409 Å². The molecule has 0 aliphatic carbocycles. The Hall–Kier alpha value is -3.40. The summed E-state index contributed by atoms with van der Waals surface area (Å²) in [4.78, 5) is 25.4. The van der Waals surface area contributed by atoms with Gasteiger partial charge in [0.25, 0.3) is 7.82 Å². The van der Waals surface area contributed by atoms with Crippen LogP contribution in [0.3, 0.4) is 0 Å². The summed E-state index contributed by atoms with van der Waals surface area (Å²) in [6, 6.07) is -1.12. The number of nitrogens with zero attached hydrogens (tertiary/aromatic N) is 1. The summed E-state index contributed by atoms with van der Waals surface area (Å²) in [6.07, 6.45) is 66.6. The number of carbonyl (C=O) groups excluding carboxylic acids is 1. The van der Waals surface area contributed by atoms with Gasteiger partial charge in [0.05, 0.1) is 39.9 Å². The molecule has 0 bridgehead atoms. The lowest BCUT2D eigenvalue weighted by Crippen LogP contribution is -2.51. The zero-order chi connectivity index (χ0) is 49.4. The van der Waals surface area contributed by atoms with E-state index in [-0.39, 0.29) is 25.4 Å². The second kappa shape index (κ2) is 46.3. The molecule has 0 radical (unpaired) electrons. The predicted octanol–water partition coefficient (Wildman–Crippen LogP) is 13.5. The molecular weight excluding hydrogens is 856 g/mol. The van der Waals surface area contributed by atoms with Crippen LogP contribution in [0.1, 0.15) is 162 Å². The molecule has 3 N–H and O–H groups in total. The van der Waals surface area contributed by atoms with E-state index in [1.807, 2.05) is 28.1 Å². The number of allylic oxidation sites excluding steroid dienone is 22. The van der Waals surface area contributed by atoms with Crippen LogP contribution in [0.5, 0.6) is 0 Å². The number of hydrogen-bond acceptors (Lipinski definition) is 7. The Morgan fingerprint density at radius 3 is 1.45 bits per heavy atom. The number of likely N-dealkylation sites (N-methyl/N-ethyl adjacent to an activating group) is 1. The number of hydrogen-bond donors (Lipinski definition) is 3. The lowest BCUT2D eigenvalue weighted by molar-refractivity contribution is -0.870. The Bertz CT molecular complexity index is 1560. The molecular formula is C57H95N2O7P. The quantitative estimate of drug-likeness (QED) is 0.0240. The number of unbranched alkanes of at least 4 members (excludes halogenated alkanes) is 9. The van der Waals surface area contributed by atoms with Crippen molar-refractivity contribution in [2.75, 3.05) is 40.9 Å². The monoisotopic (exact) mass is 951 g/mol. The van der Waals surface area contributed by atoms with Crippen LogP contribution in [0.25, 0.3) is 0 Å². The van der Waals surface area contributed by atoms with Gasteiger partial charge in [-0.15, -0.1) is 0 Å². The van der Waals surface area contributed by atoms with Crippen LogP contribution in [0.2, 0.25) is 0 Å². The first-order valence-electron chi connectivity index (χ1n) is 25.6. The van der Waals surface area contributed by atoms with E-state index in [1.54, 1.807) is 0 Å². The number of amides is 1. The SMILES string of the molecule is C/C=C/CC/C=C/CC/C=C/CCCC(O)C(O)C(COP(=O)([O-])OCC[N+](C)(C)C)NC(=O)CCCCCCCC/C=C\C/C=C\C/C=C\C/C=C\C/C=C\C/C=C\C/C=C\C/C=C\CC. The molecule has 4 unspecified atom stereocenters. The highest BCUT2D eigenvalue weighted by Crippen LogP contribution is 2.38. The molecule has 1 amide bonds. The summed E-state index contributed by atoms with van der Waals surface area (Å²) in [5.74, 6) is -0.318. The van der Waals surface area contributed by atoms with Crippen molar-refractivity contribution in [3.8, 4) is 0 Å². The van der Waals surface area contributed by atoms with E-state index in [4.69, 9.17) is 9.05 Å². The second-order valence-electron chi connectivity index (χ2n) is 17.9. The fourth-order valence-corrected chi connectivity index (χ4v) is 7.21. The molecule has 0 aliphatic rings. The van der Waals surface area contributed by atoms with E-state index >= 15 is 0 Å². The lowest BCUT2D eigenvalue weighted by Gasteiger charge is -2.31. The number of rotatable bonds is 44. The second-order valence-corrected chi connectivity index (χ2v) is 19.3. The van der Waals surface area contributed by atoms with E-state index in [0.717, 1.165) is 122 Å². The van der Waals surface area contributed by atoms with Gasteiger partial charge < -0.3 is 34.0 Å². The molecule has 0 heterocycles. The van der Waals surface area contributed by atoms with Gasteiger partial charge in [-0.25, -0.2) is 0 Å². The molecule has 0 fully saturated rings. The van der Waals surface area contributed by atoms with Crippen LogP contribution in [-0.2, 0) is 18.4 Å². The summed E-state index contributed by atoms with van der Waals surface area (Å²) in [5.41, 5.74) is 0. The zero-order valence-electron chi connectivity index (χ0n) is 42.6. The smallest absolute Gasteiger partial charge is 0.268 e. The molecule has 0 aromatic carbocycles. The Kier molecular flexibility index (Phi) is 44.0. The third-order valence-electron chi connectivity index (χ3n) is 10.5. The van der Waals surface area contributed by atoms with Crippen molar-refractivity contribution in [2.24, 2.45) is 0 Å². The van der Waals surface area contributed by atoms with Crippen molar-refractivity contribution in [1.29, 1.82) is 0 Å². The third kappa shape index (κ3) is 47.5. The van der Waals surface area contributed by atoms with E-state index in [9.17, 15) is 24.5 Å². The number of aliphatic hydroxyl groups excluding tert-OH is 2. The molecule has 4 atom stereocenters. The highest BCUT2D eigenvalue weighted by Gasteiger charge is 2.29. The van der Waals surface area contributed by atoms with Crippen molar-refractivity contribution in [3.63, 3.8) is 0 Å². The molecule has 0 saturated carbocycles. The van der Waals surface area contributed by atoms with Gasteiger partial charge in [-0.2, -0.15) is 0 Å². The van der Waals surface area contributed by atoms with Crippen LogP contribution in [0.15, 0.2) is 134 Å². The first-order chi connectivity index (χ1) is 32.4. The van der Waals surface area contributed by atoms with E-state index in [2.05, 4.69) is 146 Å². The lowest BCUT2D eigenvalue weighted by atomic mass is 10.0. The maximum atomic E-state index is 12.9. The maximum absolute atomic E-state index is 12.9. The minimum Gasteiger partial charge on any atom is -0.756 e. The minimum atomic E-state index is -4.70. The summed E-state index contributed by atoms with van der Waals surface area (Å²) < 4.78 is 23.1. The first kappa shape index (κ1) is 63.6. The van der Waals surface area contributed by atoms with Crippen LogP contribution in [0, 0.1) is 0 Å². The molecule has 0 saturated heterocycles. The normalized spacial score (nSPS) is 15.6. The molecule has 0 aromatic rings. The molecule has 10 heteroatoms. The van der Waals surface area contributed by atoms with E-state index < -0.39 is 32.7 Å². The highest BCUT2D eigenvalue weighted by molar-refractivity contribution is 7.45. The molecule has 380 valence electrons. The van der Waals surface area contributed by atoms with Gasteiger partial charge in [0, 0.05) is 6.42 Å². The molecule has 67 heavy (non-hydrogen) atoms. The fraction of sp³-hybridized carbons (Fsp3) is 0.596. The Balaban J connectivity index is 4.38. The highest BCUT2D eigenvalue weighted by atomic mass is 31.2. The fourth-order valence-electron chi connectivity index (χ4n) is 6.48. The van der Waals surface area contributed by atoms with Gasteiger partial charge in [-0.1, -0.05) is 166 Å². The predicted molar refractivity (Wildman–Crippen MR) is 284 cm³/mol. The van der Waals surface area contributed by atoms with Crippen LogP contribution in [0.4, 0.5) is 0 Å². The van der Waals surface area contributed by atoms with Crippen LogP contribution >= 0.6 is 7.82 Å². The molecule has 0 aromatic heterocycles. The summed E-state index contributed by atoms with van der Waals surface area (Å²) in [6.45, 7) is 4.03. The summed E-state index contributed by atoms with van der Waals surface area (Å²) in [5, 5.41) is 24.6. The first-order valence-corrected chi connectivity index (χ1v) is 27.0. The summed E-state index contributed by atoms with van der Waals surface area (Å²) in [7, 11) is 1.06. The number of carbonyl (C=O) groups is 1. The Morgan fingerprint density at radius 1 is 0.567 bits per heavy atom. The zero-order valence-corrected chi connectivity index (χ0v) is 43.5. The topological polar surface area (TPSA) is 128 Å². The van der Waals surface area contributed by atoms with Gasteiger partial charge in [0.1, 0.15) is 19.3 Å². The number of aliphatic hydroxyl groups is 2. The van der Waals surface area contributed by atoms with Crippen LogP contribution < -0.4 is 10.2 Å². The summed E-state index contributed by atoms with van der Waals surface area (Å²) >= 11 is 0. The average molecular weight is 951 g/mol. The minimum absolute atomic E-state index is 0.0615. The number of phosphoric ester groups is 1. The number of phosphoric acid groups is 1. The van der Waals surface area contributed by atoms with Gasteiger partial charge in [0.2, 0.25) is 5.91 Å². The largest absolute Gasteiger partial charge is 0.756 e. The van der Waals surface area contributed by atoms with Crippen molar-refractivity contribution < 1.29 is 38.0 Å². The molecule has 0 spiro atoms. The van der Waals surface area contributed by atoms with E-state index in [1.165, 1.54) is 0 Å². The molecule has 0 aliphatic heterocycles. The van der Waals surface area contributed by atoms with Crippen molar-refractivity contribution in [3.05, 3.63) is 134 Å². The molecule has 9 nitrogen and oxygen atoms in total. The van der Waals surface area contributed by atoms with E-state index in [0.29, 0.717) is 23.9 Å². The van der Waals surface area contributed by atoms with Gasteiger partial charge in [0.15, 0.2) is 0 Å². The standard InChI is InChI=1S/C57H95N2O7P/c1-6-8-10-12-14-16-18-20-21-22-23-24-25-26-27-28-29-30-31-32-33-34-35-36-37-38-40-42-44-46-48-50-56(61)58-54(53-66-67(63,64)65-52-51-59(3,4)5)57(62)55(60)49-47-45-43-41-39-19-17-15-13-11-9-7-2/h7-10,14-17,20-21,23-24,26-27,29-30,32-33,35-36,41,43,54-55,57,60,62H,6,11-13,18-19,22,25,28,31,34,37-40,42,44-53H2,1-5H3,(H-,58,61,63,64)/b9-7+,10-8-,16-14-,17-15+,21-20-,24-23-,27-26-,30-29-,33-32-,36-35-,43-41+. The average Bonchev–Trinajstić information content (AvgIpc) is 3.29. The third-order valence-corrected chi connectivity index (χ3v) is 11.5. The maximum Gasteiger partial charge on any atom is 0.268 e. The molecule has 0 rings (SSSR count). The van der Waals surface area contributed by atoms with Crippen LogP contribution in [-0.4, -0.2) is 79.8 Å². The van der Waals surface area contributed by atoms with Crippen molar-refractivity contribution in [1.82, 2.24) is 5.32 Å².